The second-order valence-electron chi connectivity index (χ2n) is 1.63. The van der Waals surface area contributed by atoms with E-state index in [1.165, 1.54) is 0 Å². The van der Waals surface area contributed by atoms with Crippen LogP contribution in [-0.4, -0.2) is 23.4 Å². The van der Waals surface area contributed by atoms with Crippen LogP contribution in [0.15, 0.2) is 0 Å². The molecule has 2 nitrogen and oxygen atoms in total. The third kappa shape index (κ3) is 2320. The van der Waals surface area contributed by atoms with Gasteiger partial charge in [-0.15, -0.1) is 0 Å². The van der Waals surface area contributed by atoms with Gasteiger partial charge in [-0.1, -0.05) is 13.8 Å². The van der Waals surface area contributed by atoms with Crippen LogP contribution in [0.1, 0.15) is 40.5 Å². The van der Waals surface area contributed by atoms with Crippen molar-refractivity contribution in [1.29, 1.82) is 0 Å². The second-order valence-corrected chi connectivity index (χ2v) is 1.63. The van der Waals surface area contributed by atoms with Gasteiger partial charge in [-0.05, 0) is 13.8 Å². The van der Waals surface area contributed by atoms with E-state index in [1.807, 2.05) is 13.8 Å². The Labute approximate surface area is 104 Å². The van der Waals surface area contributed by atoms with Crippen LogP contribution < -0.4 is 0 Å². The monoisotopic (exact) mass is 268 g/mol. The largest absolute Gasteiger partial charge is 2.00 e. The first kappa shape index (κ1) is 29.2. The molecule has 0 amide bonds. The van der Waals surface area contributed by atoms with Crippen molar-refractivity contribution < 1.29 is 36.4 Å². The smallest absolute Gasteiger partial charge is 0.397 e. The average Bonchev–Trinajstić information content (AvgIpc) is 1.92. The summed E-state index contributed by atoms with van der Waals surface area (Å²) in [6.45, 7) is 14.9. The average molecular weight is 270 g/mol. The van der Waals surface area contributed by atoms with Crippen LogP contribution >= 0.6 is 0 Å². The van der Waals surface area contributed by atoms with Gasteiger partial charge in [-0.25, -0.2) is 0 Å². The van der Waals surface area contributed by atoms with Crippen LogP contribution in [-0.2, 0) is 26.2 Å². The molecule has 0 saturated carbocycles. The summed E-state index contributed by atoms with van der Waals surface area (Å²) in [6.07, 6.45) is 2.00. The standard InChI is InChI=1S/2C3H7.2C2H6O.Zr/c2*1-3-2;2*1-2-3;/h2*1,3H2,2H3;2*3H,2H2,1H3;/q2*-1;;;+2. The Morgan fingerprint density at radius 3 is 0.769 bits per heavy atom. The van der Waals surface area contributed by atoms with E-state index in [2.05, 4.69) is 13.8 Å². The van der Waals surface area contributed by atoms with Crippen LogP contribution in [0, 0.1) is 13.8 Å². The normalized spacial score (nSPS) is 5.54. The summed E-state index contributed by atoms with van der Waals surface area (Å²) in [7, 11) is 0. The summed E-state index contributed by atoms with van der Waals surface area (Å²) in [6, 6.07) is 0. The van der Waals surface area contributed by atoms with Crippen molar-refractivity contribution in [3.05, 3.63) is 13.8 Å². The van der Waals surface area contributed by atoms with E-state index < -0.39 is 0 Å². The van der Waals surface area contributed by atoms with Gasteiger partial charge in [0.05, 0.1) is 0 Å². The molecule has 0 rings (SSSR count). The summed E-state index contributed by atoms with van der Waals surface area (Å²) >= 11 is 0. The minimum Gasteiger partial charge on any atom is -0.397 e. The molecule has 0 atom stereocenters. The van der Waals surface area contributed by atoms with E-state index in [-0.39, 0.29) is 39.4 Å². The summed E-state index contributed by atoms with van der Waals surface area (Å²) in [5.74, 6) is 0. The maximum atomic E-state index is 7.57. The van der Waals surface area contributed by atoms with Crippen molar-refractivity contribution in [2.75, 3.05) is 13.2 Å². The van der Waals surface area contributed by atoms with Gasteiger partial charge in [-0.3, -0.25) is 0 Å². The Balaban J connectivity index is -0.0000000213. The number of hydrogen-bond donors (Lipinski definition) is 2. The van der Waals surface area contributed by atoms with Crippen LogP contribution in [0.25, 0.3) is 0 Å². The predicted octanol–water partition coefficient (Wildman–Crippen LogP) is 2.46. The van der Waals surface area contributed by atoms with Crippen LogP contribution in [0.4, 0.5) is 0 Å². The van der Waals surface area contributed by atoms with Crippen molar-refractivity contribution in [3.8, 4) is 0 Å². The Morgan fingerprint density at radius 2 is 0.769 bits per heavy atom. The van der Waals surface area contributed by atoms with Crippen molar-refractivity contribution >= 4 is 0 Å². The molecule has 0 unspecified atom stereocenters. The van der Waals surface area contributed by atoms with Gasteiger partial charge in [0.2, 0.25) is 0 Å². The molecule has 0 radical (unpaired) electrons. The summed E-state index contributed by atoms with van der Waals surface area (Å²) in [4.78, 5) is 0. The van der Waals surface area contributed by atoms with Crippen LogP contribution in [0.3, 0.4) is 0 Å². The second kappa shape index (κ2) is 77.3. The van der Waals surface area contributed by atoms with Gasteiger partial charge in [-0.2, -0.15) is 12.8 Å². The van der Waals surface area contributed by atoms with E-state index in [4.69, 9.17) is 10.2 Å². The van der Waals surface area contributed by atoms with Crippen LogP contribution in [0.5, 0.6) is 0 Å². The fraction of sp³-hybridized carbons (Fsp3) is 0.800. The van der Waals surface area contributed by atoms with Gasteiger partial charge >= 0.3 is 26.2 Å². The van der Waals surface area contributed by atoms with Gasteiger partial charge in [0.1, 0.15) is 0 Å². The fourth-order valence-corrected chi connectivity index (χ4v) is 0. The van der Waals surface area contributed by atoms with Crippen molar-refractivity contribution in [1.82, 2.24) is 0 Å². The predicted molar refractivity (Wildman–Crippen MR) is 56.8 cm³/mol. The molecule has 82 valence electrons. The van der Waals surface area contributed by atoms with Gasteiger partial charge in [0.25, 0.3) is 0 Å². The molecule has 0 heterocycles. The summed E-state index contributed by atoms with van der Waals surface area (Å²) < 4.78 is 0. The first-order valence-electron chi connectivity index (χ1n) is 4.46. The van der Waals surface area contributed by atoms with E-state index in [0.29, 0.717) is 0 Å². The van der Waals surface area contributed by atoms with E-state index in [9.17, 15) is 0 Å². The molecule has 0 spiro atoms. The minimum absolute atomic E-state index is 0. The SMILES string of the molecule is CCO.CCO.[CH2-]CC.[CH2-]CC.[Zr+2]. The molecule has 0 aliphatic heterocycles. The van der Waals surface area contributed by atoms with Gasteiger partial charge < -0.3 is 24.1 Å². The maximum absolute atomic E-state index is 7.57. The third-order valence-electron chi connectivity index (χ3n) is 0. The molecular weight excluding hydrogens is 243 g/mol. The van der Waals surface area contributed by atoms with E-state index >= 15 is 0 Å². The van der Waals surface area contributed by atoms with E-state index in [0.717, 1.165) is 12.8 Å². The molecule has 0 aromatic heterocycles. The number of aliphatic hydroxyl groups excluding tert-OH is 2. The van der Waals surface area contributed by atoms with Crippen molar-refractivity contribution in [3.63, 3.8) is 0 Å². The zero-order chi connectivity index (χ0) is 10.8. The van der Waals surface area contributed by atoms with Crippen LogP contribution in [0.2, 0.25) is 0 Å². The van der Waals surface area contributed by atoms with E-state index in [1.54, 1.807) is 13.8 Å². The molecule has 0 fully saturated rings. The summed E-state index contributed by atoms with van der Waals surface area (Å²) in [5.41, 5.74) is 0. The Morgan fingerprint density at radius 1 is 0.769 bits per heavy atom. The molecule has 3 heteroatoms. The molecule has 0 aliphatic rings. The zero-order valence-electron chi connectivity index (χ0n) is 9.64. The topological polar surface area (TPSA) is 40.5 Å². The van der Waals surface area contributed by atoms with Gasteiger partial charge in [0.15, 0.2) is 0 Å². The Bertz CT molecular complexity index is 20.9. The zero-order valence-corrected chi connectivity index (χ0v) is 12.1. The fourth-order valence-electron chi connectivity index (χ4n) is 0. The molecule has 0 aliphatic carbocycles. The first-order chi connectivity index (χ1) is 5.66. The third-order valence-corrected chi connectivity index (χ3v) is 0. The Kier molecular flexibility index (Phi) is 174. The van der Waals surface area contributed by atoms with Crippen molar-refractivity contribution in [2.24, 2.45) is 0 Å². The Hall–Kier alpha value is 0.803. The number of hydrogen-bond acceptors (Lipinski definition) is 2. The first-order valence-corrected chi connectivity index (χ1v) is 4.46. The number of aliphatic hydroxyl groups is 2. The molecular formula is C10H26O2Zr. The van der Waals surface area contributed by atoms with Gasteiger partial charge in [0, 0.05) is 13.2 Å². The molecule has 13 heavy (non-hydrogen) atoms. The minimum atomic E-state index is 0. The number of rotatable bonds is 0. The van der Waals surface area contributed by atoms with Crippen molar-refractivity contribution in [2.45, 2.75) is 40.5 Å². The molecule has 2 N–H and O–H groups in total. The molecule has 0 aromatic rings. The molecule has 0 bridgehead atoms. The maximum Gasteiger partial charge on any atom is 2.00 e. The molecule has 0 aromatic carbocycles. The molecule has 0 saturated heterocycles. The summed E-state index contributed by atoms with van der Waals surface area (Å²) in [5, 5.41) is 15.1. The quantitative estimate of drug-likeness (QED) is 0.663.